The van der Waals surface area contributed by atoms with Crippen molar-refractivity contribution in [3.63, 3.8) is 0 Å². The Hall–Kier alpha value is -5.92. The van der Waals surface area contributed by atoms with E-state index in [2.05, 4.69) is 209 Å². The molecule has 0 saturated heterocycles. The van der Waals surface area contributed by atoms with Crippen molar-refractivity contribution in [1.29, 1.82) is 0 Å². The summed E-state index contributed by atoms with van der Waals surface area (Å²) in [7, 11) is 0. The van der Waals surface area contributed by atoms with E-state index in [0.29, 0.717) is 0 Å². The van der Waals surface area contributed by atoms with E-state index in [1.54, 1.807) is 0 Å². The summed E-state index contributed by atoms with van der Waals surface area (Å²) < 4.78 is 0. The quantitative estimate of drug-likeness (QED) is 0.161. The molecule has 0 atom stereocenters. The molecular weight excluding hydrogens is 615 g/mol. The van der Waals surface area contributed by atoms with Crippen LogP contribution in [-0.4, -0.2) is 0 Å². The Bertz CT molecular complexity index is 2560. The van der Waals surface area contributed by atoms with Crippen LogP contribution < -0.4 is 4.90 Å². The Morgan fingerprint density at radius 2 is 0.902 bits per heavy atom. The van der Waals surface area contributed by atoms with Crippen LogP contribution in [0.3, 0.4) is 0 Å². The minimum Gasteiger partial charge on any atom is -0.310 e. The molecule has 0 N–H and O–H groups in total. The molecule has 0 amide bonds. The molecule has 0 unspecified atom stereocenters. The summed E-state index contributed by atoms with van der Waals surface area (Å²) in [5.41, 5.74) is 13.5. The first-order valence-corrected chi connectivity index (χ1v) is 18.0. The van der Waals surface area contributed by atoms with Gasteiger partial charge in [-0.15, -0.1) is 0 Å². The molecule has 9 rings (SSSR count). The molecule has 1 aliphatic rings. The lowest BCUT2D eigenvalue weighted by Crippen LogP contribution is -2.42. The molecule has 246 valence electrons. The molecule has 1 heteroatoms. The molecule has 0 saturated carbocycles. The summed E-state index contributed by atoms with van der Waals surface area (Å²) in [5, 5.41) is 5.41. The molecule has 0 fully saturated rings. The molecule has 8 aromatic carbocycles. The van der Waals surface area contributed by atoms with Crippen LogP contribution in [0.15, 0.2) is 176 Å². The molecule has 0 spiro atoms. The van der Waals surface area contributed by atoms with Gasteiger partial charge in [0.25, 0.3) is 0 Å². The third kappa shape index (κ3) is 4.91. The van der Waals surface area contributed by atoms with Crippen LogP contribution in [0, 0.1) is 0 Å². The molecule has 0 bridgehead atoms. The smallest absolute Gasteiger partial charge is 0.0540 e. The fourth-order valence-electron chi connectivity index (χ4n) is 8.40. The zero-order valence-corrected chi connectivity index (χ0v) is 29.7. The topological polar surface area (TPSA) is 3.24 Å². The summed E-state index contributed by atoms with van der Waals surface area (Å²) in [6, 6.07) is 64.5. The second-order valence-corrected chi connectivity index (χ2v) is 15.0. The number of para-hydroxylation sites is 2. The van der Waals surface area contributed by atoms with Gasteiger partial charge in [0.2, 0.25) is 0 Å². The molecule has 8 aromatic rings. The summed E-state index contributed by atoms with van der Waals surface area (Å²) in [6.45, 7) is 9.67. The van der Waals surface area contributed by atoms with Crippen LogP contribution in [0.5, 0.6) is 0 Å². The molecule has 0 aromatic heterocycles. The van der Waals surface area contributed by atoms with Gasteiger partial charge in [-0.2, -0.15) is 0 Å². The van der Waals surface area contributed by atoms with Gasteiger partial charge in [0.15, 0.2) is 0 Å². The normalized spacial score (nSPS) is 14.2. The van der Waals surface area contributed by atoms with Gasteiger partial charge in [-0.1, -0.05) is 167 Å². The largest absolute Gasteiger partial charge is 0.310 e. The van der Waals surface area contributed by atoms with E-state index in [0.717, 1.165) is 17.1 Å². The fraction of sp³-hybridized carbons (Fsp3) is 0.120. The lowest BCUT2D eigenvalue weighted by atomic mass is 9.56. The van der Waals surface area contributed by atoms with Crippen LogP contribution in [0.25, 0.3) is 54.9 Å². The van der Waals surface area contributed by atoms with Crippen molar-refractivity contribution in [2.24, 2.45) is 0 Å². The van der Waals surface area contributed by atoms with Crippen LogP contribution in [0.2, 0.25) is 0 Å². The number of benzene rings is 8. The van der Waals surface area contributed by atoms with Gasteiger partial charge < -0.3 is 4.90 Å². The fourth-order valence-corrected chi connectivity index (χ4v) is 8.40. The predicted molar refractivity (Wildman–Crippen MR) is 218 cm³/mol. The van der Waals surface area contributed by atoms with Gasteiger partial charge in [0, 0.05) is 16.9 Å². The first-order chi connectivity index (χ1) is 24.8. The standard InChI is InChI=1S/C50H41N/c1-49(2)44-25-14-19-38-33-43(42-24-15-26-45(50(49,3)4)48(42)47(38)44)41-23-11-12-27-46(41)51(39-20-9-6-10-21-39)40-22-13-18-37(32-40)36-30-28-35(29-31-36)34-16-7-5-8-17-34/h5-33H,1-4H3. The number of hydrogen-bond donors (Lipinski definition) is 0. The van der Waals surface area contributed by atoms with E-state index in [1.807, 2.05) is 0 Å². The van der Waals surface area contributed by atoms with Gasteiger partial charge in [0.1, 0.15) is 0 Å². The zero-order chi connectivity index (χ0) is 34.7. The maximum Gasteiger partial charge on any atom is 0.0540 e. The Morgan fingerprint density at radius 1 is 0.373 bits per heavy atom. The summed E-state index contributed by atoms with van der Waals surface area (Å²) in [4.78, 5) is 2.42. The van der Waals surface area contributed by atoms with Crippen molar-refractivity contribution >= 4 is 38.6 Å². The lowest BCUT2D eigenvalue weighted by molar-refractivity contribution is 0.304. The van der Waals surface area contributed by atoms with E-state index < -0.39 is 0 Å². The van der Waals surface area contributed by atoms with Gasteiger partial charge in [-0.3, -0.25) is 0 Å². The molecular formula is C50H41N. The van der Waals surface area contributed by atoms with Crippen molar-refractivity contribution in [2.45, 2.75) is 38.5 Å². The van der Waals surface area contributed by atoms with E-state index in [1.165, 1.54) is 66.1 Å². The van der Waals surface area contributed by atoms with E-state index in [9.17, 15) is 0 Å². The minimum absolute atomic E-state index is 0.00971. The summed E-state index contributed by atoms with van der Waals surface area (Å²) in [5.74, 6) is 0. The molecule has 1 nitrogen and oxygen atoms in total. The van der Waals surface area contributed by atoms with Crippen LogP contribution in [-0.2, 0) is 10.8 Å². The number of rotatable bonds is 6. The van der Waals surface area contributed by atoms with Gasteiger partial charge >= 0.3 is 0 Å². The lowest BCUT2D eigenvalue weighted by Gasteiger charge is -2.47. The Labute approximate surface area is 301 Å². The van der Waals surface area contributed by atoms with Crippen LogP contribution in [0.4, 0.5) is 17.1 Å². The Kier molecular flexibility index (Phi) is 7.22. The Morgan fingerprint density at radius 3 is 1.63 bits per heavy atom. The SMILES string of the molecule is CC1(C)c2cccc3cc(-c4ccccc4N(c4ccccc4)c4cccc(-c5ccc(-c6ccccc6)cc5)c4)c4cccc(c4c23)C1(C)C. The van der Waals surface area contributed by atoms with Crippen molar-refractivity contribution in [3.8, 4) is 33.4 Å². The third-order valence-corrected chi connectivity index (χ3v) is 11.8. The second kappa shape index (κ2) is 11.9. The highest BCUT2D eigenvalue weighted by atomic mass is 15.1. The monoisotopic (exact) mass is 655 g/mol. The molecule has 1 aliphatic carbocycles. The van der Waals surface area contributed by atoms with Crippen molar-refractivity contribution in [1.82, 2.24) is 0 Å². The van der Waals surface area contributed by atoms with Crippen LogP contribution in [0.1, 0.15) is 38.8 Å². The maximum absolute atomic E-state index is 2.44. The highest BCUT2D eigenvalue weighted by molar-refractivity contribution is 6.19. The molecule has 0 radical (unpaired) electrons. The highest BCUT2D eigenvalue weighted by Crippen LogP contribution is 2.55. The van der Waals surface area contributed by atoms with Gasteiger partial charge in [0.05, 0.1) is 5.69 Å². The maximum atomic E-state index is 2.44. The first-order valence-electron chi connectivity index (χ1n) is 18.0. The van der Waals surface area contributed by atoms with E-state index in [4.69, 9.17) is 0 Å². The summed E-state index contributed by atoms with van der Waals surface area (Å²) in [6.07, 6.45) is 0. The minimum atomic E-state index is -0.0399. The van der Waals surface area contributed by atoms with Gasteiger partial charge in [-0.05, 0) is 108 Å². The third-order valence-electron chi connectivity index (χ3n) is 11.8. The predicted octanol–water partition coefficient (Wildman–Crippen LogP) is 14.0. The van der Waals surface area contributed by atoms with Crippen molar-refractivity contribution in [2.75, 3.05) is 4.90 Å². The van der Waals surface area contributed by atoms with Crippen LogP contribution >= 0.6 is 0 Å². The second-order valence-electron chi connectivity index (χ2n) is 15.0. The highest BCUT2D eigenvalue weighted by Gasteiger charge is 2.45. The van der Waals surface area contributed by atoms with E-state index >= 15 is 0 Å². The average Bonchev–Trinajstić information content (AvgIpc) is 3.18. The van der Waals surface area contributed by atoms with Crippen molar-refractivity contribution in [3.05, 3.63) is 187 Å². The number of nitrogens with zero attached hydrogens (tertiary/aromatic N) is 1. The Balaban J connectivity index is 1.24. The van der Waals surface area contributed by atoms with E-state index in [-0.39, 0.29) is 10.8 Å². The van der Waals surface area contributed by atoms with Gasteiger partial charge in [-0.25, -0.2) is 0 Å². The molecule has 0 aliphatic heterocycles. The number of hydrogen-bond acceptors (Lipinski definition) is 1. The molecule has 51 heavy (non-hydrogen) atoms. The zero-order valence-electron chi connectivity index (χ0n) is 29.7. The van der Waals surface area contributed by atoms with Crippen molar-refractivity contribution < 1.29 is 0 Å². The summed E-state index contributed by atoms with van der Waals surface area (Å²) >= 11 is 0. The average molecular weight is 656 g/mol. The number of anilines is 3. The first kappa shape index (κ1) is 31.1. The molecule has 0 heterocycles.